The van der Waals surface area contributed by atoms with Gasteiger partial charge in [-0.2, -0.15) is 0 Å². The van der Waals surface area contributed by atoms with Crippen molar-refractivity contribution in [2.45, 2.75) is 5.92 Å². The Kier molecular flexibility index (Phi) is 3.30. The SMILES string of the molecule is Cn1c2c(c(=O)n(C)c1=O)[C@H](c1ccncc1)C1=C(N2)c2ccccc2C1=O. The van der Waals surface area contributed by atoms with E-state index in [4.69, 9.17) is 0 Å². The number of rotatable bonds is 1. The normalized spacial score (nSPS) is 17.1. The first-order valence-electron chi connectivity index (χ1n) is 8.86. The van der Waals surface area contributed by atoms with Crippen molar-refractivity contribution in [1.82, 2.24) is 14.1 Å². The van der Waals surface area contributed by atoms with Crippen LogP contribution in [0, 0.1) is 0 Å². The van der Waals surface area contributed by atoms with Gasteiger partial charge in [-0.25, -0.2) is 4.79 Å². The van der Waals surface area contributed by atoms with E-state index in [0.717, 1.165) is 15.7 Å². The zero-order valence-corrected chi connectivity index (χ0v) is 15.3. The summed E-state index contributed by atoms with van der Waals surface area (Å²) < 4.78 is 2.49. The Morgan fingerprint density at radius 3 is 2.32 bits per heavy atom. The number of nitrogens with one attached hydrogen (secondary N) is 1. The van der Waals surface area contributed by atoms with Crippen molar-refractivity contribution in [2.24, 2.45) is 14.1 Å². The summed E-state index contributed by atoms with van der Waals surface area (Å²) >= 11 is 0. The summed E-state index contributed by atoms with van der Waals surface area (Å²) in [7, 11) is 3.06. The fraction of sp³-hybridized carbons (Fsp3) is 0.143. The van der Waals surface area contributed by atoms with E-state index < -0.39 is 17.2 Å². The molecule has 2 aliphatic rings. The van der Waals surface area contributed by atoms with Crippen LogP contribution in [0.25, 0.3) is 5.70 Å². The Bertz CT molecular complexity index is 1320. The van der Waals surface area contributed by atoms with Gasteiger partial charge < -0.3 is 5.32 Å². The summed E-state index contributed by atoms with van der Waals surface area (Å²) in [6.07, 6.45) is 3.27. The van der Waals surface area contributed by atoms with Gasteiger partial charge in [-0.05, 0) is 17.7 Å². The number of nitrogens with zero attached hydrogens (tertiary/aromatic N) is 3. The van der Waals surface area contributed by atoms with Gasteiger partial charge >= 0.3 is 5.69 Å². The minimum atomic E-state index is -0.584. The van der Waals surface area contributed by atoms with Crippen molar-refractivity contribution >= 4 is 17.3 Å². The summed E-state index contributed by atoms with van der Waals surface area (Å²) in [6.45, 7) is 0. The molecule has 7 heteroatoms. The molecule has 3 heterocycles. The first kappa shape index (κ1) is 16.4. The molecule has 2 aromatic heterocycles. The molecule has 0 radical (unpaired) electrons. The predicted octanol–water partition coefficient (Wildman–Crippen LogP) is 1.64. The van der Waals surface area contributed by atoms with Crippen molar-refractivity contribution in [3.8, 4) is 0 Å². The minimum Gasteiger partial charge on any atom is -0.340 e. The van der Waals surface area contributed by atoms with Crippen molar-refractivity contribution in [3.63, 3.8) is 0 Å². The van der Waals surface area contributed by atoms with E-state index in [-0.39, 0.29) is 5.78 Å². The smallest absolute Gasteiger partial charge is 0.332 e. The van der Waals surface area contributed by atoms with Gasteiger partial charge in [0.15, 0.2) is 5.78 Å². The third-order valence-electron chi connectivity index (χ3n) is 5.51. The van der Waals surface area contributed by atoms with Gasteiger partial charge in [-0.3, -0.25) is 23.7 Å². The minimum absolute atomic E-state index is 0.110. The number of anilines is 1. The van der Waals surface area contributed by atoms with Crippen LogP contribution in [0.4, 0.5) is 5.82 Å². The number of pyridine rings is 1. The number of ketones is 1. The highest BCUT2D eigenvalue weighted by molar-refractivity contribution is 6.23. The molecular weight excluding hydrogens is 356 g/mol. The second kappa shape index (κ2) is 5.63. The van der Waals surface area contributed by atoms with Gasteiger partial charge in [-0.1, -0.05) is 24.3 Å². The maximum Gasteiger partial charge on any atom is 0.332 e. The van der Waals surface area contributed by atoms with Crippen LogP contribution < -0.4 is 16.6 Å². The van der Waals surface area contributed by atoms with Crippen LogP contribution in [0.3, 0.4) is 0 Å². The number of Topliss-reactive ketones (excluding diaryl/α,β-unsaturated/α-hetero) is 1. The third kappa shape index (κ3) is 1.98. The molecular formula is C21H16N4O3. The lowest BCUT2D eigenvalue weighted by Gasteiger charge is -2.29. The van der Waals surface area contributed by atoms with Crippen LogP contribution in [0.2, 0.25) is 0 Å². The first-order valence-corrected chi connectivity index (χ1v) is 8.86. The second-order valence-corrected chi connectivity index (χ2v) is 6.97. The summed E-state index contributed by atoms with van der Waals surface area (Å²) in [5, 5.41) is 3.22. The topological polar surface area (TPSA) is 86.0 Å². The Labute approximate surface area is 159 Å². The number of hydrogen-bond donors (Lipinski definition) is 1. The fourth-order valence-electron chi connectivity index (χ4n) is 4.15. The number of allylic oxidation sites excluding steroid dienone is 1. The Hall–Kier alpha value is -3.74. The van der Waals surface area contributed by atoms with Crippen LogP contribution >= 0.6 is 0 Å². The number of hydrogen-bond acceptors (Lipinski definition) is 5. The maximum absolute atomic E-state index is 13.3. The molecule has 1 aromatic carbocycles. The van der Waals surface area contributed by atoms with Crippen LogP contribution in [0.5, 0.6) is 0 Å². The summed E-state index contributed by atoms with van der Waals surface area (Å²) in [4.78, 5) is 42.9. The molecule has 1 N–H and O–H groups in total. The van der Waals surface area contributed by atoms with E-state index >= 15 is 0 Å². The molecule has 28 heavy (non-hydrogen) atoms. The second-order valence-electron chi connectivity index (χ2n) is 6.97. The van der Waals surface area contributed by atoms with E-state index in [1.807, 2.05) is 18.2 Å². The van der Waals surface area contributed by atoms with Gasteiger partial charge in [0.2, 0.25) is 0 Å². The zero-order chi connectivity index (χ0) is 19.6. The molecule has 1 aliphatic heterocycles. The van der Waals surface area contributed by atoms with Crippen LogP contribution in [-0.4, -0.2) is 19.9 Å². The lowest BCUT2D eigenvalue weighted by Crippen LogP contribution is -2.42. The molecule has 0 saturated heterocycles. The van der Waals surface area contributed by atoms with Crippen molar-refractivity contribution in [3.05, 3.63) is 97.5 Å². The fourth-order valence-corrected chi connectivity index (χ4v) is 4.15. The van der Waals surface area contributed by atoms with Crippen molar-refractivity contribution in [1.29, 1.82) is 0 Å². The van der Waals surface area contributed by atoms with Crippen LogP contribution in [-0.2, 0) is 14.1 Å². The van der Waals surface area contributed by atoms with E-state index in [9.17, 15) is 14.4 Å². The largest absolute Gasteiger partial charge is 0.340 e. The van der Waals surface area contributed by atoms with E-state index in [1.54, 1.807) is 37.6 Å². The molecule has 138 valence electrons. The summed E-state index contributed by atoms with van der Waals surface area (Å²) in [5.41, 5.74) is 2.87. The van der Waals surface area contributed by atoms with Crippen LogP contribution in [0.15, 0.2) is 64.0 Å². The molecule has 0 bridgehead atoms. The van der Waals surface area contributed by atoms with Gasteiger partial charge in [0.25, 0.3) is 5.56 Å². The van der Waals surface area contributed by atoms with E-state index in [1.165, 1.54) is 11.6 Å². The van der Waals surface area contributed by atoms with Gasteiger partial charge in [0, 0.05) is 49.1 Å². The maximum atomic E-state index is 13.3. The highest BCUT2D eigenvalue weighted by Gasteiger charge is 2.42. The number of fused-ring (bicyclic) bond motifs is 3. The monoisotopic (exact) mass is 372 g/mol. The van der Waals surface area contributed by atoms with Gasteiger partial charge in [0.05, 0.1) is 11.3 Å². The first-order chi connectivity index (χ1) is 13.5. The molecule has 0 spiro atoms. The standard InChI is InChI=1S/C21H16N4O3/c1-24-19-16(20(27)25(2)21(24)28)14(11-7-9-22-10-8-11)15-17(23-19)12-5-3-4-6-13(12)18(15)26/h3-10,14,23H,1-2H3/t14-/m1/s1. The van der Waals surface area contributed by atoms with Crippen molar-refractivity contribution < 1.29 is 4.79 Å². The number of benzene rings is 1. The molecule has 7 nitrogen and oxygen atoms in total. The predicted molar refractivity (Wildman–Crippen MR) is 104 cm³/mol. The molecule has 1 atom stereocenters. The third-order valence-corrected chi connectivity index (χ3v) is 5.51. The lowest BCUT2D eigenvalue weighted by molar-refractivity contribution is 0.103. The number of aromatic nitrogens is 3. The van der Waals surface area contributed by atoms with Gasteiger partial charge in [-0.15, -0.1) is 0 Å². The molecule has 0 fully saturated rings. The quantitative estimate of drug-likeness (QED) is 0.702. The average Bonchev–Trinajstić information content (AvgIpc) is 3.02. The van der Waals surface area contributed by atoms with Crippen molar-refractivity contribution in [2.75, 3.05) is 5.32 Å². The lowest BCUT2D eigenvalue weighted by atomic mass is 9.82. The zero-order valence-electron chi connectivity index (χ0n) is 15.3. The molecule has 5 rings (SSSR count). The summed E-state index contributed by atoms with van der Waals surface area (Å²) in [5.74, 6) is -0.278. The molecule has 3 aromatic rings. The average molecular weight is 372 g/mol. The number of carbonyl (C=O) groups excluding carboxylic acids is 1. The van der Waals surface area contributed by atoms with E-state index in [0.29, 0.717) is 28.2 Å². The number of carbonyl (C=O) groups is 1. The van der Waals surface area contributed by atoms with E-state index in [2.05, 4.69) is 10.3 Å². The highest BCUT2D eigenvalue weighted by Crippen LogP contribution is 2.47. The Morgan fingerprint density at radius 2 is 1.61 bits per heavy atom. The van der Waals surface area contributed by atoms with Crippen LogP contribution in [0.1, 0.15) is 33.0 Å². The molecule has 0 unspecified atom stereocenters. The highest BCUT2D eigenvalue weighted by atomic mass is 16.2. The molecule has 0 saturated carbocycles. The Balaban J connectivity index is 1.90. The molecule has 0 amide bonds. The van der Waals surface area contributed by atoms with Gasteiger partial charge in [0.1, 0.15) is 5.82 Å². The Morgan fingerprint density at radius 1 is 0.929 bits per heavy atom. The summed E-state index contributed by atoms with van der Waals surface area (Å²) in [6, 6.07) is 10.9. The molecule has 1 aliphatic carbocycles.